The fourth-order valence-corrected chi connectivity index (χ4v) is 2.79. The lowest BCUT2D eigenvalue weighted by molar-refractivity contribution is -0.384. The SMILES string of the molecule is NC1CCN(C(=O)c2ccc([N+](=O)[O-])cc2I)CC1. The number of non-ortho nitro benzene ring substituents is 1. The number of rotatable bonds is 2. The molecule has 19 heavy (non-hydrogen) atoms. The van der Waals surface area contributed by atoms with Crippen LogP contribution in [0.15, 0.2) is 18.2 Å². The first-order valence-electron chi connectivity index (χ1n) is 5.98. The topological polar surface area (TPSA) is 89.5 Å². The Kier molecular flexibility index (Phi) is 4.35. The molecule has 7 heteroatoms. The third-order valence-corrected chi connectivity index (χ3v) is 4.11. The van der Waals surface area contributed by atoms with Gasteiger partial charge in [0, 0.05) is 34.8 Å². The van der Waals surface area contributed by atoms with E-state index in [0.717, 1.165) is 12.8 Å². The summed E-state index contributed by atoms with van der Waals surface area (Å²) in [5, 5.41) is 10.7. The zero-order chi connectivity index (χ0) is 14.0. The summed E-state index contributed by atoms with van der Waals surface area (Å²) in [7, 11) is 0. The van der Waals surface area contributed by atoms with Gasteiger partial charge in [0.1, 0.15) is 0 Å². The van der Waals surface area contributed by atoms with Crippen molar-refractivity contribution >= 4 is 34.2 Å². The van der Waals surface area contributed by atoms with Crippen molar-refractivity contribution < 1.29 is 9.72 Å². The van der Waals surface area contributed by atoms with Gasteiger partial charge in [-0.05, 0) is 41.5 Å². The van der Waals surface area contributed by atoms with Crippen LogP contribution in [0.5, 0.6) is 0 Å². The minimum Gasteiger partial charge on any atom is -0.338 e. The molecule has 1 fully saturated rings. The number of likely N-dealkylation sites (tertiary alicyclic amines) is 1. The number of benzene rings is 1. The van der Waals surface area contributed by atoms with E-state index in [2.05, 4.69) is 0 Å². The van der Waals surface area contributed by atoms with Gasteiger partial charge in [0.05, 0.1) is 10.5 Å². The Morgan fingerprint density at radius 1 is 1.42 bits per heavy atom. The van der Waals surface area contributed by atoms with Crippen LogP contribution in [0.2, 0.25) is 0 Å². The molecule has 0 aliphatic carbocycles. The average Bonchev–Trinajstić information content (AvgIpc) is 2.38. The second kappa shape index (κ2) is 5.83. The first-order chi connectivity index (χ1) is 8.99. The number of hydrogen-bond acceptors (Lipinski definition) is 4. The van der Waals surface area contributed by atoms with Crippen LogP contribution in [0.25, 0.3) is 0 Å². The Bertz CT molecular complexity index is 513. The maximum absolute atomic E-state index is 12.3. The number of nitrogens with zero attached hydrogens (tertiary/aromatic N) is 2. The fraction of sp³-hybridized carbons (Fsp3) is 0.417. The van der Waals surface area contributed by atoms with E-state index in [9.17, 15) is 14.9 Å². The predicted molar refractivity (Wildman–Crippen MR) is 78.9 cm³/mol. The van der Waals surface area contributed by atoms with Gasteiger partial charge in [-0.2, -0.15) is 0 Å². The van der Waals surface area contributed by atoms with E-state index in [1.807, 2.05) is 22.6 Å². The number of carbonyl (C=O) groups is 1. The van der Waals surface area contributed by atoms with E-state index in [-0.39, 0.29) is 17.6 Å². The third kappa shape index (κ3) is 3.21. The van der Waals surface area contributed by atoms with Crippen molar-refractivity contribution in [3.05, 3.63) is 37.4 Å². The van der Waals surface area contributed by atoms with E-state index < -0.39 is 4.92 Å². The van der Waals surface area contributed by atoms with Crippen molar-refractivity contribution in [2.24, 2.45) is 5.73 Å². The lowest BCUT2D eigenvalue weighted by atomic mass is 10.0. The molecule has 1 amide bonds. The maximum atomic E-state index is 12.3. The molecule has 0 atom stereocenters. The Balaban J connectivity index is 2.17. The van der Waals surface area contributed by atoms with Gasteiger partial charge in [0.15, 0.2) is 0 Å². The van der Waals surface area contributed by atoms with Crippen LogP contribution in [0.1, 0.15) is 23.2 Å². The van der Waals surface area contributed by atoms with E-state index in [1.54, 1.807) is 4.90 Å². The van der Waals surface area contributed by atoms with Crippen LogP contribution in [-0.4, -0.2) is 34.9 Å². The first-order valence-corrected chi connectivity index (χ1v) is 7.05. The Morgan fingerprint density at radius 3 is 2.58 bits per heavy atom. The number of nitro groups is 1. The summed E-state index contributed by atoms with van der Waals surface area (Å²) >= 11 is 1.96. The second-order valence-corrected chi connectivity index (χ2v) is 5.71. The minimum atomic E-state index is -0.462. The van der Waals surface area contributed by atoms with Gasteiger partial charge in [-0.1, -0.05) is 0 Å². The van der Waals surface area contributed by atoms with Gasteiger partial charge in [0.25, 0.3) is 11.6 Å². The molecule has 1 aliphatic rings. The van der Waals surface area contributed by atoms with Gasteiger partial charge >= 0.3 is 0 Å². The molecular weight excluding hydrogens is 361 g/mol. The lowest BCUT2D eigenvalue weighted by Gasteiger charge is -2.30. The van der Waals surface area contributed by atoms with Crippen molar-refractivity contribution in [3.8, 4) is 0 Å². The highest BCUT2D eigenvalue weighted by molar-refractivity contribution is 14.1. The molecule has 0 bridgehead atoms. The molecule has 0 saturated carbocycles. The van der Waals surface area contributed by atoms with E-state index in [0.29, 0.717) is 22.2 Å². The lowest BCUT2D eigenvalue weighted by Crippen LogP contribution is -2.43. The monoisotopic (exact) mass is 375 g/mol. The minimum absolute atomic E-state index is 0.00150. The number of piperidine rings is 1. The summed E-state index contributed by atoms with van der Waals surface area (Å²) in [5.74, 6) is -0.0776. The van der Waals surface area contributed by atoms with Gasteiger partial charge in [0.2, 0.25) is 0 Å². The van der Waals surface area contributed by atoms with Crippen LogP contribution in [0.4, 0.5) is 5.69 Å². The van der Waals surface area contributed by atoms with Crippen molar-refractivity contribution in [1.29, 1.82) is 0 Å². The molecule has 1 heterocycles. The molecule has 2 rings (SSSR count). The highest BCUT2D eigenvalue weighted by atomic mass is 127. The van der Waals surface area contributed by atoms with Gasteiger partial charge in [-0.25, -0.2) is 0 Å². The number of carbonyl (C=O) groups excluding carboxylic acids is 1. The Morgan fingerprint density at radius 2 is 2.05 bits per heavy atom. The summed E-state index contributed by atoms with van der Waals surface area (Å²) in [4.78, 5) is 24.3. The normalized spacial score (nSPS) is 16.4. The van der Waals surface area contributed by atoms with Crippen LogP contribution < -0.4 is 5.73 Å². The van der Waals surface area contributed by atoms with Gasteiger partial charge in [-0.3, -0.25) is 14.9 Å². The molecule has 2 N–H and O–H groups in total. The summed E-state index contributed by atoms with van der Waals surface area (Å²) in [6.45, 7) is 1.29. The van der Waals surface area contributed by atoms with Crippen LogP contribution in [0, 0.1) is 13.7 Å². The average molecular weight is 375 g/mol. The molecule has 0 spiro atoms. The number of halogens is 1. The summed E-state index contributed by atoms with van der Waals surface area (Å²) < 4.78 is 0.603. The standard InChI is InChI=1S/C12H14IN3O3/c13-11-7-9(16(18)19)1-2-10(11)12(17)15-5-3-8(14)4-6-15/h1-2,7-8H,3-6,14H2. The fourth-order valence-electron chi connectivity index (χ4n) is 2.06. The maximum Gasteiger partial charge on any atom is 0.270 e. The van der Waals surface area contributed by atoms with Gasteiger partial charge < -0.3 is 10.6 Å². The van der Waals surface area contributed by atoms with Crippen LogP contribution in [0.3, 0.4) is 0 Å². The molecular formula is C12H14IN3O3. The highest BCUT2D eigenvalue weighted by Crippen LogP contribution is 2.22. The first kappa shape index (κ1) is 14.2. The molecule has 1 saturated heterocycles. The van der Waals surface area contributed by atoms with Crippen molar-refractivity contribution in [2.45, 2.75) is 18.9 Å². The molecule has 1 aromatic carbocycles. The van der Waals surface area contributed by atoms with E-state index in [1.165, 1.54) is 18.2 Å². The number of amides is 1. The second-order valence-electron chi connectivity index (χ2n) is 4.55. The molecule has 0 radical (unpaired) electrons. The Labute approximate surface area is 124 Å². The van der Waals surface area contributed by atoms with Crippen LogP contribution in [-0.2, 0) is 0 Å². The van der Waals surface area contributed by atoms with Crippen LogP contribution >= 0.6 is 22.6 Å². The zero-order valence-electron chi connectivity index (χ0n) is 10.2. The Hall–Kier alpha value is -1.22. The van der Waals surface area contributed by atoms with E-state index >= 15 is 0 Å². The van der Waals surface area contributed by atoms with Gasteiger partial charge in [-0.15, -0.1) is 0 Å². The molecule has 1 aromatic rings. The summed E-state index contributed by atoms with van der Waals surface area (Å²) in [5.41, 5.74) is 6.32. The number of nitrogens with two attached hydrogens (primary N) is 1. The number of nitro benzene ring substituents is 1. The van der Waals surface area contributed by atoms with Crippen molar-refractivity contribution in [1.82, 2.24) is 4.90 Å². The quantitative estimate of drug-likeness (QED) is 0.485. The molecule has 6 nitrogen and oxygen atoms in total. The summed E-state index contributed by atoms with van der Waals surface area (Å²) in [6, 6.07) is 4.48. The summed E-state index contributed by atoms with van der Waals surface area (Å²) in [6.07, 6.45) is 1.60. The number of hydrogen-bond donors (Lipinski definition) is 1. The smallest absolute Gasteiger partial charge is 0.270 e. The van der Waals surface area contributed by atoms with E-state index in [4.69, 9.17) is 5.73 Å². The van der Waals surface area contributed by atoms with Crippen molar-refractivity contribution in [3.63, 3.8) is 0 Å². The molecule has 0 aromatic heterocycles. The molecule has 102 valence electrons. The molecule has 0 unspecified atom stereocenters. The van der Waals surface area contributed by atoms with Crippen molar-refractivity contribution in [2.75, 3.05) is 13.1 Å². The zero-order valence-corrected chi connectivity index (χ0v) is 12.4. The highest BCUT2D eigenvalue weighted by Gasteiger charge is 2.23. The third-order valence-electron chi connectivity index (χ3n) is 3.22. The molecule has 1 aliphatic heterocycles. The largest absolute Gasteiger partial charge is 0.338 e. The predicted octanol–water partition coefficient (Wildman–Crippen LogP) is 1.76.